The van der Waals surface area contributed by atoms with Gasteiger partial charge in [0.05, 0.1) is 14.2 Å². The Morgan fingerprint density at radius 1 is 1.24 bits per heavy atom. The molecule has 0 bridgehead atoms. The number of ether oxygens (including phenoxy) is 3. The first-order valence-corrected chi connectivity index (χ1v) is 6.71. The van der Waals surface area contributed by atoms with Crippen LogP contribution in [0.2, 0.25) is 0 Å². The van der Waals surface area contributed by atoms with Crippen LogP contribution in [0.1, 0.15) is 32.4 Å². The minimum atomic E-state index is -0.530. The van der Waals surface area contributed by atoms with E-state index in [0.717, 1.165) is 5.56 Å². The average molecular weight is 296 g/mol. The van der Waals surface area contributed by atoms with Crippen LogP contribution in [-0.2, 0) is 4.74 Å². The Balaban J connectivity index is 2.63. The van der Waals surface area contributed by atoms with Crippen LogP contribution in [-0.4, -0.2) is 32.5 Å². The van der Waals surface area contributed by atoms with Crippen LogP contribution in [0.25, 0.3) is 0 Å². The molecule has 0 radical (unpaired) electrons. The largest absolute Gasteiger partial charge is 0.493 e. The van der Waals surface area contributed by atoms with Gasteiger partial charge in [-0.3, -0.25) is 0 Å². The first-order chi connectivity index (χ1) is 9.76. The molecule has 0 aliphatic carbocycles. The highest BCUT2D eigenvalue weighted by molar-refractivity contribution is 5.67. The Bertz CT molecular complexity index is 483. The molecule has 21 heavy (non-hydrogen) atoms. The molecular weight excluding hydrogens is 272 g/mol. The molecule has 0 saturated carbocycles. The molecule has 0 spiro atoms. The van der Waals surface area contributed by atoms with Gasteiger partial charge in [0.2, 0.25) is 0 Å². The number of hydrogen-bond acceptors (Lipinski definition) is 5. The number of benzene rings is 1. The first kappa shape index (κ1) is 17.1. The van der Waals surface area contributed by atoms with Gasteiger partial charge in [0.15, 0.2) is 11.5 Å². The van der Waals surface area contributed by atoms with E-state index in [1.807, 2.05) is 6.07 Å². The molecule has 0 aliphatic rings. The zero-order valence-corrected chi connectivity index (χ0v) is 13.2. The van der Waals surface area contributed by atoms with E-state index < -0.39 is 11.7 Å². The van der Waals surface area contributed by atoms with E-state index >= 15 is 0 Å². The Labute approximate surface area is 125 Å². The van der Waals surface area contributed by atoms with Crippen LogP contribution in [0.3, 0.4) is 0 Å². The molecule has 0 heterocycles. The molecular formula is C15H24N2O4. The maximum atomic E-state index is 11.6. The third-order valence-electron chi connectivity index (χ3n) is 2.70. The third-order valence-corrected chi connectivity index (χ3v) is 2.70. The van der Waals surface area contributed by atoms with E-state index in [-0.39, 0.29) is 12.6 Å². The lowest BCUT2D eigenvalue weighted by Gasteiger charge is -2.21. The highest BCUT2D eigenvalue weighted by Gasteiger charge is 2.17. The zero-order chi connectivity index (χ0) is 16.0. The summed E-state index contributed by atoms with van der Waals surface area (Å²) in [6, 6.07) is 5.04. The van der Waals surface area contributed by atoms with Crippen LogP contribution in [0.4, 0.5) is 4.79 Å². The second kappa shape index (κ2) is 7.17. The Morgan fingerprint density at radius 3 is 2.38 bits per heavy atom. The van der Waals surface area contributed by atoms with E-state index in [1.165, 1.54) is 0 Å². The fourth-order valence-electron chi connectivity index (χ4n) is 1.71. The molecule has 1 atom stereocenters. The van der Waals surface area contributed by atoms with Crippen molar-refractivity contribution in [3.63, 3.8) is 0 Å². The van der Waals surface area contributed by atoms with Gasteiger partial charge in [0.25, 0.3) is 0 Å². The van der Waals surface area contributed by atoms with Gasteiger partial charge < -0.3 is 25.3 Å². The molecule has 6 nitrogen and oxygen atoms in total. The van der Waals surface area contributed by atoms with E-state index in [0.29, 0.717) is 11.5 Å². The van der Waals surface area contributed by atoms with Gasteiger partial charge in [-0.05, 0) is 38.5 Å². The van der Waals surface area contributed by atoms with E-state index in [4.69, 9.17) is 19.9 Å². The lowest BCUT2D eigenvalue weighted by Crippen LogP contribution is -2.36. The number of nitrogens with one attached hydrogen (secondary N) is 1. The molecule has 1 rings (SSSR count). The third kappa shape index (κ3) is 5.51. The predicted molar refractivity (Wildman–Crippen MR) is 80.7 cm³/mol. The summed E-state index contributed by atoms with van der Waals surface area (Å²) >= 11 is 0. The van der Waals surface area contributed by atoms with Crippen LogP contribution in [0, 0.1) is 0 Å². The fraction of sp³-hybridized carbons (Fsp3) is 0.533. The number of amides is 1. The summed E-state index contributed by atoms with van der Waals surface area (Å²) in [6.07, 6.45) is -0.488. The van der Waals surface area contributed by atoms with Crippen molar-refractivity contribution >= 4 is 6.09 Å². The molecule has 0 aromatic heterocycles. The van der Waals surface area contributed by atoms with Crippen molar-refractivity contribution in [3.8, 4) is 11.5 Å². The quantitative estimate of drug-likeness (QED) is 0.870. The zero-order valence-electron chi connectivity index (χ0n) is 13.2. The smallest absolute Gasteiger partial charge is 0.407 e. The van der Waals surface area contributed by atoms with Gasteiger partial charge in [-0.2, -0.15) is 0 Å². The molecule has 1 unspecified atom stereocenters. The van der Waals surface area contributed by atoms with Crippen molar-refractivity contribution in [1.82, 2.24) is 5.32 Å². The number of hydrogen-bond donors (Lipinski definition) is 2. The standard InChI is InChI=1S/C15H24N2O4/c1-15(2,3)21-14(18)17-9-11(16)10-6-7-12(19-4)13(8-10)20-5/h6-8,11H,9,16H2,1-5H3,(H,17,18). The minimum Gasteiger partial charge on any atom is -0.493 e. The summed E-state index contributed by atoms with van der Waals surface area (Å²) in [5.74, 6) is 1.23. The number of alkyl carbamates (subject to hydrolysis) is 1. The van der Waals surface area contributed by atoms with Gasteiger partial charge in [-0.25, -0.2) is 4.79 Å². The maximum Gasteiger partial charge on any atom is 0.407 e. The van der Waals surface area contributed by atoms with Gasteiger partial charge in [0, 0.05) is 12.6 Å². The lowest BCUT2D eigenvalue weighted by atomic mass is 10.1. The highest BCUT2D eigenvalue weighted by Crippen LogP contribution is 2.29. The van der Waals surface area contributed by atoms with Crippen molar-refractivity contribution in [2.24, 2.45) is 5.73 Å². The van der Waals surface area contributed by atoms with Crippen molar-refractivity contribution in [2.75, 3.05) is 20.8 Å². The van der Waals surface area contributed by atoms with Crippen molar-refractivity contribution in [3.05, 3.63) is 23.8 Å². The highest BCUT2D eigenvalue weighted by atomic mass is 16.6. The van der Waals surface area contributed by atoms with Crippen molar-refractivity contribution in [1.29, 1.82) is 0 Å². The number of nitrogens with two attached hydrogens (primary N) is 1. The number of carbonyl (C=O) groups excluding carboxylic acids is 1. The Morgan fingerprint density at radius 2 is 1.86 bits per heavy atom. The van der Waals surface area contributed by atoms with Gasteiger partial charge in [-0.1, -0.05) is 6.07 Å². The van der Waals surface area contributed by atoms with Crippen molar-refractivity contribution in [2.45, 2.75) is 32.4 Å². The first-order valence-electron chi connectivity index (χ1n) is 6.71. The molecule has 3 N–H and O–H groups in total. The van der Waals surface area contributed by atoms with E-state index in [9.17, 15) is 4.79 Å². The summed E-state index contributed by atoms with van der Waals surface area (Å²) in [5, 5.41) is 2.65. The summed E-state index contributed by atoms with van der Waals surface area (Å²) in [7, 11) is 3.13. The molecule has 1 amide bonds. The SMILES string of the molecule is COc1ccc(C(N)CNC(=O)OC(C)(C)C)cc1OC. The minimum absolute atomic E-state index is 0.268. The van der Waals surface area contributed by atoms with E-state index in [2.05, 4.69) is 5.32 Å². The van der Waals surface area contributed by atoms with Crippen LogP contribution < -0.4 is 20.5 Å². The fourth-order valence-corrected chi connectivity index (χ4v) is 1.71. The molecule has 0 saturated heterocycles. The summed E-state index contributed by atoms with van der Waals surface area (Å²) in [6.45, 7) is 5.69. The molecule has 6 heteroatoms. The van der Waals surface area contributed by atoms with Gasteiger partial charge in [-0.15, -0.1) is 0 Å². The Hall–Kier alpha value is -1.95. The van der Waals surface area contributed by atoms with Gasteiger partial charge in [0.1, 0.15) is 5.60 Å². The number of rotatable bonds is 5. The predicted octanol–water partition coefficient (Wildman–Crippen LogP) is 2.23. The van der Waals surface area contributed by atoms with Gasteiger partial charge >= 0.3 is 6.09 Å². The van der Waals surface area contributed by atoms with Crippen LogP contribution >= 0.6 is 0 Å². The molecule has 1 aromatic rings. The Kier molecular flexibility index (Phi) is 5.84. The summed E-state index contributed by atoms with van der Waals surface area (Å²) in [5.41, 5.74) is 6.36. The molecule has 0 aliphatic heterocycles. The topological polar surface area (TPSA) is 82.8 Å². The normalized spacial score (nSPS) is 12.5. The lowest BCUT2D eigenvalue weighted by molar-refractivity contribution is 0.0524. The average Bonchev–Trinajstić information content (AvgIpc) is 2.42. The second-order valence-electron chi connectivity index (χ2n) is 5.60. The summed E-state index contributed by atoms with van der Waals surface area (Å²) in [4.78, 5) is 11.6. The summed E-state index contributed by atoms with van der Waals surface area (Å²) < 4.78 is 15.5. The molecule has 0 fully saturated rings. The van der Waals surface area contributed by atoms with Crippen LogP contribution in [0.15, 0.2) is 18.2 Å². The van der Waals surface area contributed by atoms with E-state index in [1.54, 1.807) is 47.1 Å². The monoisotopic (exact) mass is 296 g/mol. The number of methoxy groups -OCH3 is 2. The maximum absolute atomic E-state index is 11.6. The number of carbonyl (C=O) groups is 1. The van der Waals surface area contributed by atoms with Crippen LogP contribution in [0.5, 0.6) is 11.5 Å². The molecule has 118 valence electrons. The molecule has 1 aromatic carbocycles. The van der Waals surface area contributed by atoms with Crippen molar-refractivity contribution < 1.29 is 19.0 Å². The second-order valence-corrected chi connectivity index (χ2v) is 5.60.